The standard InChI is InChI=1S/C31H29ClN6O3S/c1-22-9-15-27(16-10-22)42(40,41)37-31(35-19-18-34-30(39)25-8-5-17-33-20-25)38-21-28(23-6-3-2-4-7-23)29(36-38)24-11-13-26(32)14-12-24/h2-17,20,28H,18-19,21H2,1H3,(H,34,39)(H,35,37). The van der Waals surface area contributed by atoms with E-state index in [0.717, 1.165) is 22.4 Å². The maximum absolute atomic E-state index is 13.4. The lowest BCUT2D eigenvalue weighted by Gasteiger charge is -2.20. The number of nitrogens with one attached hydrogen (secondary N) is 2. The minimum atomic E-state index is -3.98. The van der Waals surface area contributed by atoms with Gasteiger partial charge in [-0.1, -0.05) is 71.8 Å². The minimum absolute atomic E-state index is 0.0519. The number of nitrogens with zero attached hydrogens (tertiary/aromatic N) is 4. The lowest BCUT2D eigenvalue weighted by molar-refractivity contribution is 0.0954. The van der Waals surface area contributed by atoms with Crippen LogP contribution in [-0.2, 0) is 10.0 Å². The number of aryl methyl sites for hydroxylation is 1. The summed E-state index contributed by atoms with van der Waals surface area (Å²) in [4.78, 5) is 21.1. The van der Waals surface area contributed by atoms with Gasteiger partial charge in [-0.05, 0) is 54.4 Å². The third-order valence-corrected chi connectivity index (χ3v) is 8.24. The van der Waals surface area contributed by atoms with Crippen molar-refractivity contribution in [3.63, 3.8) is 0 Å². The van der Waals surface area contributed by atoms with Gasteiger partial charge in [0.15, 0.2) is 0 Å². The molecule has 0 radical (unpaired) electrons. The van der Waals surface area contributed by atoms with E-state index in [1.807, 2.05) is 49.4 Å². The summed E-state index contributed by atoms with van der Waals surface area (Å²) < 4.78 is 29.5. The third-order valence-electron chi connectivity index (χ3n) is 6.64. The van der Waals surface area contributed by atoms with Crippen LogP contribution in [0.25, 0.3) is 0 Å². The van der Waals surface area contributed by atoms with Crippen molar-refractivity contribution in [2.24, 2.45) is 10.1 Å². The first-order valence-corrected chi connectivity index (χ1v) is 15.2. The molecule has 0 saturated heterocycles. The normalized spacial score (nSPS) is 15.3. The SMILES string of the molecule is Cc1ccc(S(=O)(=O)NC(=NCCNC(=O)c2cccnc2)N2CC(c3ccccc3)C(c3ccc(Cl)cc3)=N2)cc1. The molecule has 5 rings (SSSR count). The van der Waals surface area contributed by atoms with E-state index in [2.05, 4.69) is 20.0 Å². The van der Waals surface area contributed by atoms with Crippen LogP contribution in [0.3, 0.4) is 0 Å². The number of amides is 1. The molecule has 1 aromatic heterocycles. The van der Waals surface area contributed by atoms with Crippen LogP contribution in [0.15, 0.2) is 118 Å². The molecule has 1 aliphatic rings. The Labute approximate surface area is 250 Å². The number of hydrogen-bond acceptors (Lipinski definition) is 6. The van der Waals surface area contributed by atoms with Crippen molar-refractivity contribution in [2.75, 3.05) is 19.6 Å². The van der Waals surface area contributed by atoms with Gasteiger partial charge in [-0.3, -0.25) is 9.78 Å². The number of rotatable bonds is 8. The topological polar surface area (TPSA) is 116 Å². The van der Waals surface area contributed by atoms with Gasteiger partial charge in [0.25, 0.3) is 15.9 Å². The van der Waals surface area contributed by atoms with Crippen LogP contribution in [0.5, 0.6) is 0 Å². The van der Waals surface area contributed by atoms with Gasteiger partial charge in [0.1, 0.15) is 0 Å². The maximum atomic E-state index is 13.4. The Hall–Kier alpha value is -4.54. The molecule has 1 unspecified atom stereocenters. The fourth-order valence-corrected chi connectivity index (χ4v) is 5.60. The number of carbonyl (C=O) groups is 1. The second kappa shape index (κ2) is 13.0. The smallest absolute Gasteiger partial charge is 0.264 e. The monoisotopic (exact) mass is 600 g/mol. The van der Waals surface area contributed by atoms with Crippen LogP contribution in [0.1, 0.15) is 33.0 Å². The summed E-state index contributed by atoms with van der Waals surface area (Å²) in [6.07, 6.45) is 3.06. The quantitative estimate of drug-likeness (QED) is 0.174. The number of benzene rings is 3. The molecule has 1 atom stereocenters. The van der Waals surface area contributed by atoms with Crippen molar-refractivity contribution < 1.29 is 13.2 Å². The number of aromatic nitrogens is 1. The van der Waals surface area contributed by atoms with Crippen LogP contribution in [0.4, 0.5) is 0 Å². The Morgan fingerprint density at radius 3 is 2.43 bits per heavy atom. The van der Waals surface area contributed by atoms with E-state index in [1.165, 1.54) is 6.20 Å². The fourth-order valence-electron chi connectivity index (χ4n) is 4.46. The molecular weight excluding hydrogens is 572 g/mol. The predicted octanol–water partition coefficient (Wildman–Crippen LogP) is 4.61. The molecule has 0 aliphatic carbocycles. The number of halogens is 1. The van der Waals surface area contributed by atoms with Crippen LogP contribution in [0.2, 0.25) is 5.02 Å². The van der Waals surface area contributed by atoms with Gasteiger partial charge in [-0.15, -0.1) is 0 Å². The van der Waals surface area contributed by atoms with E-state index in [9.17, 15) is 13.2 Å². The Kier molecular flexibility index (Phi) is 8.94. The highest BCUT2D eigenvalue weighted by atomic mass is 35.5. The zero-order chi connectivity index (χ0) is 29.5. The van der Waals surface area contributed by atoms with Crippen LogP contribution in [-0.4, -0.2) is 55.6 Å². The molecule has 9 nitrogen and oxygen atoms in total. The van der Waals surface area contributed by atoms with Crippen LogP contribution in [0, 0.1) is 6.92 Å². The average molecular weight is 601 g/mol. The van der Waals surface area contributed by atoms with Crippen molar-refractivity contribution in [1.82, 2.24) is 20.0 Å². The molecule has 3 aromatic carbocycles. The van der Waals surface area contributed by atoms with E-state index in [1.54, 1.807) is 59.7 Å². The van der Waals surface area contributed by atoms with Gasteiger partial charge >= 0.3 is 0 Å². The summed E-state index contributed by atoms with van der Waals surface area (Å²) in [6.45, 7) is 2.51. The van der Waals surface area contributed by atoms with E-state index < -0.39 is 10.0 Å². The van der Waals surface area contributed by atoms with E-state index in [0.29, 0.717) is 17.1 Å². The van der Waals surface area contributed by atoms with Gasteiger partial charge in [-0.2, -0.15) is 5.10 Å². The molecule has 11 heteroatoms. The fraction of sp³-hybridized carbons (Fsp3) is 0.161. The van der Waals surface area contributed by atoms with E-state index in [-0.39, 0.29) is 35.8 Å². The molecule has 1 amide bonds. The minimum Gasteiger partial charge on any atom is -0.350 e. The lowest BCUT2D eigenvalue weighted by atomic mass is 9.91. The first-order valence-electron chi connectivity index (χ1n) is 13.3. The zero-order valence-electron chi connectivity index (χ0n) is 22.8. The summed E-state index contributed by atoms with van der Waals surface area (Å²) in [5.74, 6) is -0.406. The highest BCUT2D eigenvalue weighted by Gasteiger charge is 2.33. The second-order valence-corrected chi connectivity index (χ2v) is 11.8. The van der Waals surface area contributed by atoms with Crippen molar-refractivity contribution >= 4 is 39.2 Å². The van der Waals surface area contributed by atoms with Crippen molar-refractivity contribution in [1.29, 1.82) is 0 Å². The molecule has 2 N–H and O–H groups in total. The summed E-state index contributed by atoms with van der Waals surface area (Å²) >= 11 is 6.14. The number of guanidine groups is 1. The molecule has 214 valence electrons. The molecule has 4 aromatic rings. The number of hydrogen-bond donors (Lipinski definition) is 2. The average Bonchev–Trinajstić information content (AvgIpc) is 3.45. The van der Waals surface area contributed by atoms with Crippen LogP contribution < -0.4 is 10.0 Å². The molecular formula is C31H29ClN6O3S. The van der Waals surface area contributed by atoms with Crippen molar-refractivity contribution in [3.8, 4) is 0 Å². The molecule has 0 fully saturated rings. The van der Waals surface area contributed by atoms with E-state index in [4.69, 9.17) is 16.7 Å². The second-order valence-electron chi connectivity index (χ2n) is 9.66. The molecule has 2 heterocycles. The van der Waals surface area contributed by atoms with Crippen LogP contribution >= 0.6 is 11.6 Å². The molecule has 1 aliphatic heterocycles. The lowest BCUT2D eigenvalue weighted by Crippen LogP contribution is -2.42. The van der Waals surface area contributed by atoms with Gasteiger partial charge in [0, 0.05) is 29.9 Å². The van der Waals surface area contributed by atoms with Crippen molar-refractivity contribution in [3.05, 3.63) is 131 Å². The number of hydrazone groups is 1. The number of carbonyl (C=O) groups excluding carboxylic acids is 1. The number of sulfonamides is 1. The summed E-state index contributed by atoms with van der Waals surface area (Å²) in [5, 5.41) is 9.81. The van der Waals surface area contributed by atoms with E-state index >= 15 is 0 Å². The molecule has 0 bridgehead atoms. The molecule has 42 heavy (non-hydrogen) atoms. The molecule has 0 spiro atoms. The first-order chi connectivity index (χ1) is 20.3. The van der Waals surface area contributed by atoms with Gasteiger partial charge < -0.3 is 5.32 Å². The van der Waals surface area contributed by atoms with Crippen molar-refractivity contribution in [2.45, 2.75) is 17.7 Å². The van der Waals surface area contributed by atoms with Gasteiger partial charge in [-0.25, -0.2) is 23.1 Å². The third kappa shape index (κ3) is 7.02. The summed E-state index contributed by atoms with van der Waals surface area (Å²) in [7, 11) is -3.98. The Morgan fingerprint density at radius 1 is 1.00 bits per heavy atom. The highest BCUT2D eigenvalue weighted by Crippen LogP contribution is 2.29. The summed E-state index contributed by atoms with van der Waals surface area (Å²) in [6, 6.07) is 27.2. The van der Waals surface area contributed by atoms with Gasteiger partial charge in [0.2, 0.25) is 5.96 Å². The number of pyridine rings is 1. The highest BCUT2D eigenvalue weighted by molar-refractivity contribution is 7.90. The Bertz CT molecular complexity index is 1700. The molecule has 0 saturated carbocycles. The first kappa shape index (κ1) is 29.0. The van der Waals surface area contributed by atoms with Gasteiger partial charge in [0.05, 0.1) is 29.3 Å². The predicted molar refractivity (Wildman–Crippen MR) is 164 cm³/mol. The Balaban J connectivity index is 1.45. The maximum Gasteiger partial charge on any atom is 0.264 e. The largest absolute Gasteiger partial charge is 0.350 e. The summed E-state index contributed by atoms with van der Waals surface area (Å²) in [5.41, 5.74) is 4.00. The zero-order valence-corrected chi connectivity index (χ0v) is 24.4. The number of aliphatic imine (C=N–C) groups is 1. The Morgan fingerprint density at radius 2 is 1.74 bits per heavy atom.